The molecule has 5 heteroatoms. The quantitative estimate of drug-likeness (QED) is 0.521. The van der Waals surface area contributed by atoms with Gasteiger partial charge in [-0.15, -0.1) is 0 Å². The molecule has 0 unspecified atom stereocenters. The number of benzene rings is 2. The molecule has 1 fully saturated rings. The minimum atomic E-state index is -0.200. The zero-order valence-corrected chi connectivity index (χ0v) is 12.7. The van der Waals surface area contributed by atoms with E-state index in [-0.39, 0.29) is 17.6 Å². The van der Waals surface area contributed by atoms with Crippen molar-refractivity contribution in [3.8, 4) is 17.2 Å². The van der Waals surface area contributed by atoms with E-state index in [1.165, 1.54) is 7.11 Å². The van der Waals surface area contributed by atoms with E-state index in [1.807, 2.05) is 6.07 Å². The first-order chi connectivity index (χ1) is 11.2. The Balaban J connectivity index is 1.75. The number of esters is 1. The van der Waals surface area contributed by atoms with E-state index in [4.69, 9.17) is 9.47 Å². The highest BCUT2D eigenvalue weighted by Crippen LogP contribution is 2.34. The van der Waals surface area contributed by atoms with Crippen LogP contribution in [0.4, 0.5) is 5.69 Å². The number of aliphatic imine (C=N–C) groups is 1. The lowest BCUT2D eigenvalue weighted by atomic mass is 10.2. The summed E-state index contributed by atoms with van der Waals surface area (Å²) in [5.41, 5.74) is 1.55. The van der Waals surface area contributed by atoms with Crippen LogP contribution in [0.1, 0.15) is 18.4 Å². The van der Waals surface area contributed by atoms with Gasteiger partial charge in [0.1, 0.15) is 5.75 Å². The van der Waals surface area contributed by atoms with Gasteiger partial charge >= 0.3 is 5.97 Å². The van der Waals surface area contributed by atoms with E-state index in [0.29, 0.717) is 11.5 Å². The summed E-state index contributed by atoms with van der Waals surface area (Å²) in [6, 6.07) is 11.9. The maximum atomic E-state index is 11.7. The highest BCUT2D eigenvalue weighted by Gasteiger charge is 2.32. The fraction of sp³-hybridized carbons (Fsp3) is 0.222. The number of hydrogen-bond acceptors (Lipinski definition) is 5. The van der Waals surface area contributed by atoms with Gasteiger partial charge in [-0.1, -0.05) is 0 Å². The van der Waals surface area contributed by atoms with Crippen molar-refractivity contribution in [1.82, 2.24) is 0 Å². The number of methoxy groups -OCH3 is 1. The van der Waals surface area contributed by atoms with E-state index in [1.54, 1.807) is 42.6 Å². The van der Waals surface area contributed by atoms with Crippen LogP contribution >= 0.6 is 0 Å². The third-order valence-electron chi connectivity index (χ3n) is 3.52. The lowest BCUT2D eigenvalue weighted by Gasteiger charge is -2.09. The Hall–Kier alpha value is -2.82. The fourth-order valence-corrected chi connectivity index (χ4v) is 2.05. The maximum absolute atomic E-state index is 11.7. The standard InChI is InChI=1S/C18H17NO4/c1-22-17-10-12(11-19-14-5-7-15(20)8-6-14)2-9-16(17)23-18(21)13-3-4-13/h2,5-11,13,20H,3-4H2,1H3. The maximum Gasteiger partial charge on any atom is 0.314 e. The number of rotatable bonds is 5. The van der Waals surface area contributed by atoms with Crippen LogP contribution in [-0.4, -0.2) is 24.4 Å². The first-order valence-electron chi connectivity index (χ1n) is 7.38. The summed E-state index contributed by atoms with van der Waals surface area (Å²) in [5.74, 6) is 0.955. The predicted molar refractivity (Wildman–Crippen MR) is 86.7 cm³/mol. The van der Waals surface area contributed by atoms with E-state index < -0.39 is 0 Å². The molecule has 0 bridgehead atoms. The first-order valence-corrected chi connectivity index (χ1v) is 7.38. The van der Waals surface area contributed by atoms with E-state index in [2.05, 4.69) is 4.99 Å². The number of nitrogens with zero attached hydrogens (tertiary/aromatic N) is 1. The molecule has 2 aromatic rings. The van der Waals surface area contributed by atoms with Gasteiger partial charge in [0.05, 0.1) is 18.7 Å². The molecule has 0 amide bonds. The smallest absolute Gasteiger partial charge is 0.314 e. The molecule has 1 aliphatic rings. The van der Waals surface area contributed by atoms with Gasteiger partial charge in [-0.25, -0.2) is 0 Å². The molecule has 0 heterocycles. The second-order valence-electron chi connectivity index (χ2n) is 5.38. The molecule has 3 rings (SSSR count). The number of hydrogen-bond donors (Lipinski definition) is 1. The predicted octanol–water partition coefficient (Wildman–Crippen LogP) is 3.47. The third-order valence-corrected chi connectivity index (χ3v) is 3.52. The van der Waals surface area contributed by atoms with Crippen LogP contribution in [-0.2, 0) is 4.79 Å². The second-order valence-corrected chi connectivity index (χ2v) is 5.38. The number of phenols is 1. The Bertz CT molecular complexity index is 733. The van der Waals surface area contributed by atoms with Crippen molar-refractivity contribution in [2.75, 3.05) is 7.11 Å². The number of ether oxygens (including phenoxy) is 2. The van der Waals surface area contributed by atoms with Gasteiger partial charge in [0.2, 0.25) is 0 Å². The molecule has 1 N–H and O–H groups in total. The van der Waals surface area contributed by atoms with Crippen molar-refractivity contribution in [3.63, 3.8) is 0 Å². The summed E-state index contributed by atoms with van der Waals surface area (Å²) in [4.78, 5) is 16.1. The highest BCUT2D eigenvalue weighted by molar-refractivity contribution is 5.84. The van der Waals surface area contributed by atoms with Crippen molar-refractivity contribution in [3.05, 3.63) is 48.0 Å². The monoisotopic (exact) mass is 311 g/mol. The molecule has 118 valence electrons. The van der Waals surface area contributed by atoms with Gasteiger partial charge in [-0.05, 0) is 60.9 Å². The Morgan fingerprint density at radius 3 is 2.57 bits per heavy atom. The molecule has 0 aliphatic heterocycles. The van der Waals surface area contributed by atoms with Crippen molar-refractivity contribution in [2.45, 2.75) is 12.8 Å². The van der Waals surface area contributed by atoms with Crippen molar-refractivity contribution in [2.24, 2.45) is 10.9 Å². The third kappa shape index (κ3) is 3.88. The summed E-state index contributed by atoms with van der Waals surface area (Å²) in [7, 11) is 1.53. The summed E-state index contributed by atoms with van der Waals surface area (Å²) < 4.78 is 10.6. The number of phenolic OH excluding ortho intramolecular Hbond substituents is 1. The molecule has 0 spiro atoms. The van der Waals surface area contributed by atoms with Gasteiger partial charge in [-0.3, -0.25) is 9.79 Å². The molecular weight excluding hydrogens is 294 g/mol. The number of carbonyl (C=O) groups is 1. The molecule has 1 saturated carbocycles. The topological polar surface area (TPSA) is 68.1 Å². The average Bonchev–Trinajstić information content (AvgIpc) is 3.40. The Labute approximate surface area is 134 Å². The van der Waals surface area contributed by atoms with Crippen molar-refractivity contribution >= 4 is 17.9 Å². The van der Waals surface area contributed by atoms with Gasteiger partial charge in [0.25, 0.3) is 0 Å². The molecule has 0 aromatic heterocycles. The first kappa shape index (κ1) is 15.1. The highest BCUT2D eigenvalue weighted by atomic mass is 16.6. The minimum absolute atomic E-state index is 0.0374. The number of carbonyl (C=O) groups excluding carboxylic acids is 1. The van der Waals surface area contributed by atoms with E-state index in [0.717, 1.165) is 24.1 Å². The molecule has 0 atom stereocenters. The largest absolute Gasteiger partial charge is 0.508 e. The summed E-state index contributed by atoms with van der Waals surface area (Å²) in [6.45, 7) is 0. The lowest BCUT2D eigenvalue weighted by Crippen LogP contribution is -2.10. The molecule has 5 nitrogen and oxygen atoms in total. The van der Waals surface area contributed by atoms with Crippen LogP contribution in [0.15, 0.2) is 47.5 Å². The Morgan fingerprint density at radius 2 is 1.91 bits per heavy atom. The lowest BCUT2D eigenvalue weighted by molar-refractivity contribution is -0.135. The van der Waals surface area contributed by atoms with E-state index in [9.17, 15) is 9.90 Å². The van der Waals surface area contributed by atoms with Crippen LogP contribution in [0.25, 0.3) is 0 Å². The van der Waals surface area contributed by atoms with Gasteiger partial charge in [0, 0.05) is 6.21 Å². The number of aromatic hydroxyl groups is 1. The zero-order chi connectivity index (χ0) is 16.2. The van der Waals surface area contributed by atoms with E-state index >= 15 is 0 Å². The normalized spacial score (nSPS) is 14.0. The van der Waals surface area contributed by atoms with Gasteiger partial charge < -0.3 is 14.6 Å². The average molecular weight is 311 g/mol. The van der Waals surface area contributed by atoms with Crippen LogP contribution in [0.3, 0.4) is 0 Å². The molecule has 2 aromatic carbocycles. The minimum Gasteiger partial charge on any atom is -0.508 e. The van der Waals surface area contributed by atoms with Crippen molar-refractivity contribution < 1.29 is 19.4 Å². The SMILES string of the molecule is COc1cc(C=Nc2ccc(O)cc2)ccc1OC(=O)C1CC1. The second kappa shape index (κ2) is 6.52. The summed E-state index contributed by atoms with van der Waals surface area (Å²) in [6.07, 6.45) is 3.48. The summed E-state index contributed by atoms with van der Waals surface area (Å²) >= 11 is 0. The Morgan fingerprint density at radius 1 is 1.17 bits per heavy atom. The van der Waals surface area contributed by atoms with Crippen LogP contribution in [0, 0.1) is 5.92 Å². The van der Waals surface area contributed by atoms with Crippen LogP contribution in [0.5, 0.6) is 17.2 Å². The van der Waals surface area contributed by atoms with Crippen LogP contribution < -0.4 is 9.47 Å². The van der Waals surface area contributed by atoms with Gasteiger partial charge in [-0.2, -0.15) is 0 Å². The molecular formula is C18H17NO4. The van der Waals surface area contributed by atoms with Crippen LogP contribution in [0.2, 0.25) is 0 Å². The zero-order valence-electron chi connectivity index (χ0n) is 12.7. The molecule has 0 radical (unpaired) electrons. The summed E-state index contributed by atoms with van der Waals surface area (Å²) in [5, 5.41) is 9.25. The molecule has 23 heavy (non-hydrogen) atoms. The fourth-order valence-electron chi connectivity index (χ4n) is 2.05. The van der Waals surface area contributed by atoms with Crippen molar-refractivity contribution in [1.29, 1.82) is 0 Å². The van der Waals surface area contributed by atoms with Gasteiger partial charge in [0.15, 0.2) is 11.5 Å². The Kier molecular flexibility index (Phi) is 4.28. The molecule has 1 aliphatic carbocycles. The molecule has 0 saturated heterocycles.